The summed E-state index contributed by atoms with van der Waals surface area (Å²) in [4.78, 5) is 11.5. The molecule has 0 amide bonds. The second-order valence-electron chi connectivity index (χ2n) is 6.20. The van der Waals surface area contributed by atoms with Crippen LogP contribution in [0.2, 0.25) is 0 Å². The summed E-state index contributed by atoms with van der Waals surface area (Å²) in [6, 6.07) is 10.1. The highest BCUT2D eigenvalue weighted by atomic mass is 32.1. The Morgan fingerprint density at radius 3 is 3.04 bits per heavy atom. The van der Waals surface area contributed by atoms with Crippen LogP contribution in [0.3, 0.4) is 0 Å². The molecule has 0 aliphatic carbocycles. The molecule has 4 rings (SSSR count). The molecule has 1 fully saturated rings. The van der Waals surface area contributed by atoms with E-state index in [2.05, 4.69) is 33.1 Å². The van der Waals surface area contributed by atoms with E-state index < -0.39 is 0 Å². The molecule has 0 radical (unpaired) electrons. The van der Waals surface area contributed by atoms with E-state index in [1.54, 1.807) is 17.5 Å². The summed E-state index contributed by atoms with van der Waals surface area (Å²) < 4.78 is 7.06. The van der Waals surface area contributed by atoms with Crippen molar-refractivity contribution in [2.75, 3.05) is 32.0 Å². The Morgan fingerprint density at radius 2 is 2.24 bits per heavy atom. The summed E-state index contributed by atoms with van der Waals surface area (Å²) in [5.41, 5.74) is 6.51. The summed E-state index contributed by atoms with van der Waals surface area (Å²) in [5, 5.41) is 10.7. The van der Waals surface area contributed by atoms with Crippen LogP contribution in [0.5, 0.6) is 5.75 Å². The first-order valence-electron chi connectivity index (χ1n) is 8.33. The molecule has 6 nitrogen and oxygen atoms in total. The number of ether oxygens (including phenoxy) is 1. The SMILES string of the molecule is Nc1nccc(-c2cc3cc(OCCN4CCC(O)C4)ccc3s2)n1. The number of rotatable bonds is 5. The van der Waals surface area contributed by atoms with Gasteiger partial charge in [0, 0.05) is 30.5 Å². The minimum atomic E-state index is -0.184. The minimum absolute atomic E-state index is 0.184. The van der Waals surface area contributed by atoms with E-state index in [0.717, 1.165) is 47.8 Å². The Labute approximate surface area is 149 Å². The van der Waals surface area contributed by atoms with Gasteiger partial charge in [-0.25, -0.2) is 9.97 Å². The van der Waals surface area contributed by atoms with Gasteiger partial charge in [0.1, 0.15) is 12.4 Å². The number of aliphatic hydroxyl groups is 1. The van der Waals surface area contributed by atoms with Gasteiger partial charge < -0.3 is 15.6 Å². The standard InChI is InChI=1S/C18H20N4O2S/c19-18-20-5-3-15(21-18)17-10-12-9-14(1-2-16(12)25-17)24-8-7-22-6-4-13(23)11-22/h1-3,5,9-10,13,23H,4,6-8,11H2,(H2,19,20,21). The second kappa shape index (κ2) is 6.95. The van der Waals surface area contributed by atoms with Crippen molar-refractivity contribution < 1.29 is 9.84 Å². The molecule has 7 heteroatoms. The first kappa shape index (κ1) is 16.3. The molecule has 1 aliphatic rings. The topological polar surface area (TPSA) is 84.5 Å². The maximum atomic E-state index is 9.55. The third-order valence-corrected chi connectivity index (χ3v) is 5.48. The number of nitrogens with zero attached hydrogens (tertiary/aromatic N) is 3. The van der Waals surface area contributed by atoms with Crippen LogP contribution in [0.4, 0.5) is 5.95 Å². The molecule has 3 N–H and O–H groups in total. The summed E-state index contributed by atoms with van der Waals surface area (Å²) >= 11 is 1.67. The normalized spacial score (nSPS) is 18.0. The average Bonchev–Trinajstić information content (AvgIpc) is 3.20. The van der Waals surface area contributed by atoms with Gasteiger partial charge in [-0.1, -0.05) is 0 Å². The Morgan fingerprint density at radius 1 is 1.32 bits per heavy atom. The van der Waals surface area contributed by atoms with Gasteiger partial charge in [0.25, 0.3) is 0 Å². The van der Waals surface area contributed by atoms with Crippen molar-refractivity contribution in [1.82, 2.24) is 14.9 Å². The number of anilines is 1. The number of aromatic nitrogens is 2. The summed E-state index contributed by atoms with van der Waals surface area (Å²) in [5.74, 6) is 1.14. The van der Waals surface area contributed by atoms with Gasteiger partial charge in [0.15, 0.2) is 0 Å². The van der Waals surface area contributed by atoms with Crippen LogP contribution in [0.25, 0.3) is 20.7 Å². The molecular formula is C18H20N4O2S. The molecule has 0 saturated carbocycles. The van der Waals surface area contributed by atoms with E-state index in [1.165, 1.54) is 4.70 Å². The van der Waals surface area contributed by atoms with E-state index in [4.69, 9.17) is 10.5 Å². The average molecular weight is 356 g/mol. The maximum absolute atomic E-state index is 9.55. The van der Waals surface area contributed by atoms with Crippen LogP contribution >= 0.6 is 11.3 Å². The quantitative estimate of drug-likeness (QED) is 0.730. The molecule has 0 bridgehead atoms. The lowest BCUT2D eigenvalue weighted by Crippen LogP contribution is -2.27. The Kier molecular flexibility index (Phi) is 4.52. The lowest BCUT2D eigenvalue weighted by Gasteiger charge is -2.15. The number of thiophene rings is 1. The van der Waals surface area contributed by atoms with Crippen molar-refractivity contribution in [3.8, 4) is 16.3 Å². The molecule has 25 heavy (non-hydrogen) atoms. The first-order valence-corrected chi connectivity index (χ1v) is 9.15. The lowest BCUT2D eigenvalue weighted by atomic mass is 10.2. The molecule has 0 spiro atoms. The smallest absolute Gasteiger partial charge is 0.220 e. The number of aliphatic hydroxyl groups excluding tert-OH is 1. The van der Waals surface area contributed by atoms with Gasteiger partial charge in [-0.2, -0.15) is 0 Å². The summed E-state index contributed by atoms with van der Waals surface area (Å²) in [6.07, 6.45) is 2.35. The fourth-order valence-electron chi connectivity index (χ4n) is 3.06. The zero-order chi connectivity index (χ0) is 17.2. The van der Waals surface area contributed by atoms with Gasteiger partial charge >= 0.3 is 0 Å². The van der Waals surface area contributed by atoms with E-state index in [0.29, 0.717) is 6.61 Å². The Bertz CT molecular complexity index is 882. The van der Waals surface area contributed by atoms with Crippen molar-refractivity contribution in [3.05, 3.63) is 36.5 Å². The number of likely N-dealkylation sites (tertiary alicyclic amines) is 1. The van der Waals surface area contributed by atoms with Gasteiger partial charge in [-0.05, 0) is 42.1 Å². The first-order chi connectivity index (χ1) is 12.2. The molecule has 3 heterocycles. The maximum Gasteiger partial charge on any atom is 0.220 e. The van der Waals surface area contributed by atoms with E-state index in [1.807, 2.05) is 12.1 Å². The molecule has 1 saturated heterocycles. The highest BCUT2D eigenvalue weighted by Crippen LogP contribution is 2.34. The summed E-state index contributed by atoms with van der Waals surface area (Å²) in [7, 11) is 0. The third kappa shape index (κ3) is 3.73. The molecule has 1 atom stereocenters. The van der Waals surface area contributed by atoms with Crippen LogP contribution in [0.15, 0.2) is 36.5 Å². The molecule has 130 valence electrons. The fourth-order valence-corrected chi connectivity index (χ4v) is 4.07. The number of hydrogen-bond donors (Lipinski definition) is 2. The van der Waals surface area contributed by atoms with Crippen LogP contribution in [0, 0.1) is 0 Å². The van der Waals surface area contributed by atoms with Gasteiger partial charge in [0.05, 0.1) is 16.7 Å². The molecule has 1 unspecified atom stereocenters. The monoisotopic (exact) mass is 356 g/mol. The van der Waals surface area contributed by atoms with Crippen LogP contribution in [-0.2, 0) is 0 Å². The van der Waals surface area contributed by atoms with E-state index in [9.17, 15) is 5.11 Å². The number of nitrogens with two attached hydrogens (primary N) is 1. The molecule has 2 aromatic heterocycles. The largest absolute Gasteiger partial charge is 0.492 e. The zero-order valence-electron chi connectivity index (χ0n) is 13.8. The highest BCUT2D eigenvalue weighted by molar-refractivity contribution is 7.22. The molecule has 1 aromatic carbocycles. The predicted octanol–water partition coefficient (Wildman–Crippen LogP) is 2.39. The van der Waals surface area contributed by atoms with E-state index >= 15 is 0 Å². The van der Waals surface area contributed by atoms with Crippen molar-refractivity contribution in [2.45, 2.75) is 12.5 Å². The Balaban J connectivity index is 1.45. The predicted molar refractivity (Wildman–Crippen MR) is 99.8 cm³/mol. The highest BCUT2D eigenvalue weighted by Gasteiger charge is 2.19. The number of hydrogen-bond acceptors (Lipinski definition) is 7. The van der Waals surface area contributed by atoms with E-state index in [-0.39, 0.29) is 12.1 Å². The number of nitrogen functional groups attached to an aromatic ring is 1. The molecule has 1 aliphatic heterocycles. The lowest BCUT2D eigenvalue weighted by molar-refractivity contribution is 0.167. The number of fused-ring (bicyclic) bond motifs is 1. The second-order valence-corrected chi connectivity index (χ2v) is 7.29. The van der Waals surface area contributed by atoms with Crippen LogP contribution in [-0.4, -0.2) is 52.3 Å². The van der Waals surface area contributed by atoms with Crippen molar-refractivity contribution in [1.29, 1.82) is 0 Å². The van der Waals surface area contributed by atoms with Crippen molar-refractivity contribution in [3.63, 3.8) is 0 Å². The zero-order valence-corrected chi connectivity index (χ0v) is 14.6. The summed E-state index contributed by atoms with van der Waals surface area (Å²) in [6.45, 7) is 3.15. The minimum Gasteiger partial charge on any atom is -0.492 e. The van der Waals surface area contributed by atoms with Gasteiger partial charge in [0.2, 0.25) is 5.95 Å². The third-order valence-electron chi connectivity index (χ3n) is 4.34. The van der Waals surface area contributed by atoms with Crippen LogP contribution < -0.4 is 10.5 Å². The van der Waals surface area contributed by atoms with Crippen molar-refractivity contribution in [2.24, 2.45) is 0 Å². The Hall–Kier alpha value is -2.22. The van der Waals surface area contributed by atoms with Crippen molar-refractivity contribution >= 4 is 27.4 Å². The number of β-amino-alcohol motifs (C(OH)–C–C–N with tert-alkyl or cyclic N) is 1. The molecule has 3 aromatic rings. The van der Waals surface area contributed by atoms with Gasteiger partial charge in [-0.3, -0.25) is 4.90 Å². The fraction of sp³-hybridized carbons (Fsp3) is 0.333. The number of benzene rings is 1. The van der Waals surface area contributed by atoms with Crippen LogP contribution in [0.1, 0.15) is 6.42 Å². The molecular weight excluding hydrogens is 336 g/mol. The van der Waals surface area contributed by atoms with Gasteiger partial charge in [-0.15, -0.1) is 11.3 Å².